The zero-order valence-electron chi connectivity index (χ0n) is 19.7. The summed E-state index contributed by atoms with van der Waals surface area (Å²) in [7, 11) is -3.70. The third-order valence-electron chi connectivity index (χ3n) is 5.69. The van der Waals surface area contributed by atoms with Gasteiger partial charge in [0.1, 0.15) is 0 Å². The molecule has 0 saturated carbocycles. The van der Waals surface area contributed by atoms with Crippen LogP contribution < -0.4 is 15.7 Å². The second-order valence-electron chi connectivity index (χ2n) is 8.37. The highest BCUT2D eigenvalue weighted by Gasteiger charge is 2.15. The topological polar surface area (TPSA) is 102 Å². The average molecular weight is 493 g/mol. The maximum atomic E-state index is 12.9. The highest BCUT2D eigenvalue weighted by molar-refractivity contribution is 7.92. The van der Waals surface area contributed by atoms with Gasteiger partial charge < -0.3 is 5.32 Å². The quantitative estimate of drug-likeness (QED) is 0.363. The van der Waals surface area contributed by atoms with Crippen LogP contribution in [0.3, 0.4) is 0 Å². The van der Waals surface area contributed by atoms with Crippen LogP contribution >= 0.6 is 0 Å². The number of carbonyl (C=O) groups is 1. The van der Waals surface area contributed by atoms with Crippen molar-refractivity contribution in [1.29, 1.82) is 0 Å². The first-order valence-electron chi connectivity index (χ1n) is 11.5. The molecule has 4 rings (SSSR count). The van der Waals surface area contributed by atoms with E-state index in [0.717, 1.165) is 23.0 Å². The SMILES string of the molecule is CCCn1c(=O)n(CCC(=O)Nc2ccc(NS(=O)(=O)c3ccc(C)cc3)cc2)c2ccccc21. The Morgan fingerprint density at radius 2 is 1.40 bits per heavy atom. The van der Waals surface area contributed by atoms with Crippen molar-refractivity contribution in [3.8, 4) is 0 Å². The monoisotopic (exact) mass is 492 g/mol. The van der Waals surface area contributed by atoms with E-state index in [9.17, 15) is 18.0 Å². The molecule has 1 heterocycles. The molecule has 0 fully saturated rings. The van der Waals surface area contributed by atoms with Gasteiger partial charge in [-0.2, -0.15) is 0 Å². The molecule has 0 bridgehead atoms. The summed E-state index contributed by atoms with van der Waals surface area (Å²) in [6.45, 7) is 4.79. The molecule has 2 N–H and O–H groups in total. The van der Waals surface area contributed by atoms with Gasteiger partial charge in [-0.15, -0.1) is 0 Å². The van der Waals surface area contributed by atoms with E-state index in [1.54, 1.807) is 57.7 Å². The van der Waals surface area contributed by atoms with Gasteiger partial charge in [0.2, 0.25) is 5.91 Å². The molecule has 0 saturated heterocycles. The molecular formula is C26H28N4O4S. The van der Waals surface area contributed by atoms with Crippen LogP contribution in [0.2, 0.25) is 0 Å². The fourth-order valence-corrected chi connectivity index (χ4v) is 4.98. The average Bonchev–Trinajstić information content (AvgIpc) is 3.10. The van der Waals surface area contributed by atoms with Gasteiger partial charge in [-0.3, -0.25) is 18.7 Å². The van der Waals surface area contributed by atoms with E-state index >= 15 is 0 Å². The number of fused-ring (bicyclic) bond motifs is 1. The second kappa shape index (κ2) is 10.2. The van der Waals surface area contributed by atoms with Crippen molar-refractivity contribution in [2.75, 3.05) is 10.0 Å². The summed E-state index contributed by atoms with van der Waals surface area (Å²) in [5.41, 5.74) is 3.45. The number of sulfonamides is 1. The second-order valence-corrected chi connectivity index (χ2v) is 10.1. The van der Waals surface area contributed by atoms with E-state index in [2.05, 4.69) is 10.0 Å². The zero-order chi connectivity index (χ0) is 25.0. The molecule has 0 unspecified atom stereocenters. The molecule has 0 aliphatic rings. The molecular weight excluding hydrogens is 464 g/mol. The minimum absolute atomic E-state index is 0.119. The molecule has 0 radical (unpaired) electrons. The molecule has 35 heavy (non-hydrogen) atoms. The number of benzene rings is 3. The first kappa shape index (κ1) is 24.3. The van der Waals surface area contributed by atoms with Gasteiger partial charge in [-0.25, -0.2) is 13.2 Å². The Bertz CT molecular complexity index is 1500. The van der Waals surface area contributed by atoms with Gasteiger partial charge in [0.15, 0.2) is 0 Å². The van der Waals surface area contributed by atoms with Crippen molar-refractivity contribution in [3.05, 3.63) is 88.8 Å². The molecule has 0 spiro atoms. The summed E-state index contributed by atoms with van der Waals surface area (Å²) in [5.74, 6) is -0.239. The first-order chi connectivity index (χ1) is 16.8. The number of rotatable bonds is 9. The maximum Gasteiger partial charge on any atom is 0.329 e. The number of amides is 1. The van der Waals surface area contributed by atoms with Gasteiger partial charge >= 0.3 is 5.69 Å². The molecule has 1 aromatic heterocycles. The number of imidazole rings is 1. The van der Waals surface area contributed by atoms with E-state index in [0.29, 0.717) is 17.9 Å². The molecule has 4 aromatic rings. The van der Waals surface area contributed by atoms with Crippen LogP contribution in [-0.2, 0) is 27.9 Å². The molecule has 8 nitrogen and oxygen atoms in total. The Kier molecular flexibility index (Phi) is 7.07. The van der Waals surface area contributed by atoms with Crippen LogP contribution in [0.15, 0.2) is 82.5 Å². The number of nitrogens with one attached hydrogen (secondary N) is 2. The van der Waals surface area contributed by atoms with Crippen LogP contribution in [-0.4, -0.2) is 23.5 Å². The molecule has 0 aliphatic carbocycles. The molecule has 182 valence electrons. The number of aromatic nitrogens is 2. The van der Waals surface area contributed by atoms with Crippen LogP contribution in [0.25, 0.3) is 11.0 Å². The number of para-hydroxylation sites is 2. The number of aryl methyl sites for hydroxylation is 3. The van der Waals surface area contributed by atoms with E-state index < -0.39 is 10.0 Å². The lowest BCUT2D eigenvalue weighted by Gasteiger charge is -2.10. The summed E-state index contributed by atoms with van der Waals surface area (Å²) in [4.78, 5) is 25.6. The Hall–Kier alpha value is -3.85. The summed E-state index contributed by atoms with van der Waals surface area (Å²) in [6.07, 6.45) is 0.966. The Balaban J connectivity index is 1.39. The van der Waals surface area contributed by atoms with Crippen molar-refractivity contribution >= 4 is 38.3 Å². The van der Waals surface area contributed by atoms with Gasteiger partial charge in [0.25, 0.3) is 10.0 Å². The van der Waals surface area contributed by atoms with E-state index in [4.69, 9.17) is 0 Å². The Labute approximate surface area is 204 Å². The van der Waals surface area contributed by atoms with Crippen LogP contribution in [0.5, 0.6) is 0 Å². The number of anilines is 2. The number of nitrogens with zero attached hydrogens (tertiary/aromatic N) is 2. The number of hydrogen-bond acceptors (Lipinski definition) is 4. The fourth-order valence-electron chi connectivity index (χ4n) is 3.92. The summed E-state index contributed by atoms with van der Waals surface area (Å²) >= 11 is 0. The lowest BCUT2D eigenvalue weighted by atomic mass is 10.2. The molecule has 0 atom stereocenters. The minimum Gasteiger partial charge on any atom is -0.326 e. The molecule has 0 aliphatic heterocycles. The predicted octanol–water partition coefficient (Wildman–Crippen LogP) is 4.35. The summed E-state index contributed by atoms with van der Waals surface area (Å²) in [6, 6.07) is 20.6. The molecule has 3 aromatic carbocycles. The highest BCUT2D eigenvalue weighted by atomic mass is 32.2. The Morgan fingerprint density at radius 3 is 2.00 bits per heavy atom. The minimum atomic E-state index is -3.70. The first-order valence-corrected chi connectivity index (χ1v) is 12.9. The lowest BCUT2D eigenvalue weighted by molar-refractivity contribution is -0.116. The van der Waals surface area contributed by atoms with Gasteiger partial charge in [-0.05, 0) is 61.9 Å². The predicted molar refractivity (Wildman–Crippen MR) is 138 cm³/mol. The number of hydrogen-bond donors (Lipinski definition) is 2. The van der Waals surface area contributed by atoms with Crippen LogP contribution in [0.4, 0.5) is 11.4 Å². The molecule has 9 heteroatoms. The normalized spacial score (nSPS) is 11.5. The third-order valence-corrected chi connectivity index (χ3v) is 7.08. The van der Waals surface area contributed by atoms with E-state index in [-0.39, 0.29) is 29.5 Å². The number of carbonyl (C=O) groups excluding carboxylic acids is 1. The fraction of sp³-hybridized carbons (Fsp3) is 0.231. The van der Waals surface area contributed by atoms with Crippen molar-refractivity contribution in [1.82, 2.24) is 9.13 Å². The van der Waals surface area contributed by atoms with E-state index in [1.807, 2.05) is 38.1 Å². The molecule has 1 amide bonds. The summed E-state index contributed by atoms with van der Waals surface area (Å²) < 4.78 is 31.0. The van der Waals surface area contributed by atoms with Crippen molar-refractivity contribution in [2.45, 2.75) is 44.7 Å². The van der Waals surface area contributed by atoms with Gasteiger partial charge in [-0.1, -0.05) is 36.8 Å². The third kappa shape index (κ3) is 5.46. The highest BCUT2D eigenvalue weighted by Crippen LogP contribution is 2.19. The van der Waals surface area contributed by atoms with Crippen molar-refractivity contribution in [2.24, 2.45) is 0 Å². The van der Waals surface area contributed by atoms with Crippen LogP contribution in [0, 0.1) is 6.92 Å². The van der Waals surface area contributed by atoms with Crippen molar-refractivity contribution in [3.63, 3.8) is 0 Å². The lowest BCUT2D eigenvalue weighted by Crippen LogP contribution is -2.26. The van der Waals surface area contributed by atoms with Crippen LogP contribution in [0.1, 0.15) is 25.3 Å². The standard InChI is InChI=1S/C26H28N4O4S/c1-3-17-29-23-6-4-5-7-24(23)30(26(29)32)18-16-25(31)27-20-10-12-21(13-11-20)28-35(33,34)22-14-8-19(2)9-15-22/h4-15,28H,3,16-18H2,1-2H3,(H,27,31). The summed E-state index contributed by atoms with van der Waals surface area (Å²) in [5, 5.41) is 2.80. The largest absolute Gasteiger partial charge is 0.329 e. The zero-order valence-corrected chi connectivity index (χ0v) is 20.5. The Morgan fingerprint density at radius 1 is 0.829 bits per heavy atom. The van der Waals surface area contributed by atoms with Crippen molar-refractivity contribution < 1.29 is 13.2 Å². The van der Waals surface area contributed by atoms with E-state index in [1.165, 1.54) is 0 Å². The smallest absolute Gasteiger partial charge is 0.326 e. The van der Waals surface area contributed by atoms with Gasteiger partial charge in [0, 0.05) is 30.9 Å². The van der Waals surface area contributed by atoms with Gasteiger partial charge in [0.05, 0.1) is 15.9 Å². The maximum absolute atomic E-state index is 12.9.